The van der Waals surface area contributed by atoms with Crippen molar-refractivity contribution in [2.45, 2.75) is 284 Å². The molecule has 1 unspecified atom stereocenters. The van der Waals surface area contributed by atoms with Crippen LogP contribution >= 0.6 is 0 Å². The Bertz CT molecular complexity index is 1890. The van der Waals surface area contributed by atoms with Gasteiger partial charge in [-0.1, -0.05) is 281 Å². The molecule has 466 valence electrons. The van der Waals surface area contributed by atoms with Gasteiger partial charge in [-0.05, 0) is 148 Å². The molecule has 83 heavy (non-hydrogen) atoms. The molecule has 0 aliphatic rings. The van der Waals surface area contributed by atoms with Crippen molar-refractivity contribution in [3.05, 3.63) is 170 Å². The molecular weight excluding hydrogens is 1020 g/mol. The minimum atomic E-state index is -0.810. The summed E-state index contributed by atoms with van der Waals surface area (Å²) in [6.45, 7) is 6.27. The first-order chi connectivity index (χ1) is 41.0. The number of hydrogen-bond donors (Lipinski definition) is 0. The molecule has 0 rings (SSSR count). The summed E-state index contributed by atoms with van der Waals surface area (Å²) in [7, 11) is 0. The highest BCUT2D eigenvalue weighted by Crippen LogP contribution is 2.15. The summed E-state index contributed by atoms with van der Waals surface area (Å²) in [5.74, 6) is -0.944. The Hall–Kier alpha value is -5.23. The summed E-state index contributed by atoms with van der Waals surface area (Å²) in [6, 6.07) is 0. The largest absolute Gasteiger partial charge is 0.462 e. The molecule has 0 radical (unpaired) electrons. The van der Waals surface area contributed by atoms with E-state index in [9.17, 15) is 14.4 Å². The molecule has 0 heterocycles. The van der Waals surface area contributed by atoms with E-state index in [1.54, 1.807) is 0 Å². The number of esters is 3. The second-order valence-corrected chi connectivity index (χ2v) is 21.6. The molecule has 0 aliphatic carbocycles. The molecule has 0 N–H and O–H groups in total. The van der Waals surface area contributed by atoms with Gasteiger partial charge in [0.25, 0.3) is 0 Å². The maximum atomic E-state index is 13.0. The monoisotopic (exact) mass is 1140 g/mol. The van der Waals surface area contributed by atoms with Gasteiger partial charge in [-0.3, -0.25) is 14.4 Å². The van der Waals surface area contributed by atoms with Crippen LogP contribution in [-0.4, -0.2) is 37.2 Å². The average Bonchev–Trinajstić information content (AvgIpc) is 3.49. The zero-order valence-electron chi connectivity index (χ0n) is 53.4. The van der Waals surface area contributed by atoms with Crippen LogP contribution in [0.2, 0.25) is 0 Å². The first-order valence-corrected chi connectivity index (χ1v) is 33.6. The van der Waals surface area contributed by atoms with E-state index in [-0.39, 0.29) is 37.5 Å². The third-order valence-electron chi connectivity index (χ3n) is 13.7. The van der Waals surface area contributed by atoms with Crippen molar-refractivity contribution in [3.63, 3.8) is 0 Å². The van der Waals surface area contributed by atoms with E-state index in [0.29, 0.717) is 12.8 Å². The van der Waals surface area contributed by atoms with E-state index in [4.69, 9.17) is 14.2 Å². The highest BCUT2D eigenvalue weighted by atomic mass is 16.6. The lowest BCUT2D eigenvalue weighted by Crippen LogP contribution is -2.30. The Morgan fingerprint density at radius 2 is 0.434 bits per heavy atom. The lowest BCUT2D eigenvalue weighted by atomic mass is 10.1. The minimum absolute atomic E-state index is 0.103. The molecule has 0 spiro atoms. The van der Waals surface area contributed by atoms with Crippen LogP contribution in [0.4, 0.5) is 0 Å². The van der Waals surface area contributed by atoms with Gasteiger partial charge in [0.1, 0.15) is 13.2 Å². The highest BCUT2D eigenvalue weighted by Gasteiger charge is 2.19. The SMILES string of the molecule is CC/C=C\C/C=C\C/C=C\C/C=C\C/C=C\C/C=C\CCCCCCC(=O)OC(COC(=O)CCCCCCCCC/C=C\C/C=C\C/C=C\CC)COC(=O)CCCCCCCCCCC/C=C\C/C=C\C/C=C\C/C=C\C/C=C\CC. The number of ether oxygens (including phenoxy) is 3. The number of carbonyl (C=O) groups excluding carboxylic acids is 3. The predicted molar refractivity (Wildman–Crippen MR) is 361 cm³/mol. The third-order valence-corrected chi connectivity index (χ3v) is 13.7. The fourth-order valence-corrected chi connectivity index (χ4v) is 8.78. The Balaban J connectivity index is 4.48. The Labute approximate surface area is 511 Å². The van der Waals surface area contributed by atoms with Crippen molar-refractivity contribution >= 4 is 17.9 Å². The van der Waals surface area contributed by atoms with E-state index in [0.717, 1.165) is 173 Å². The fourth-order valence-electron chi connectivity index (χ4n) is 8.78. The van der Waals surface area contributed by atoms with Crippen molar-refractivity contribution in [2.24, 2.45) is 0 Å². The molecule has 6 heteroatoms. The van der Waals surface area contributed by atoms with Gasteiger partial charge in [0, 0.05) is 19.3 Å². The summed E-state index contributed by atoms with van der Waals surface area (Å²) in [4.78, 5) is 38.5. The molecule has 0 saturated heterocycles. The molecule has 0 aliphatic heterocycles. The molecule has 0 aromatic heterocycles. The zero-order valence-corrected chi connectivity index (χ0v) is 53.4. The molecule has 1 atom stereocenters. The first kappa shape index (κ1) is 77.8. The molecule has 0 saturated carbocycles. The fraction of sp³-hybridized carbons (Fsp3) is 0.597. The molecule has 6 nitrogen and oxygen atoms in total. The summed E-state index contributed by atoms with van der Waals surface area (Å²) < 4.78 is 16.9. The highest BCUT2D eigenvalue weighted by molar-refractivity contribution is 5.71. The summed E-state index contributed by atoms with van der Waals surface area (Å²) in [6.07, 6.45) is 102. The Morgan fingerprint density at radius 1 is 0.241 bits per heavy atom. The number of unbranched alkanes of at least 4 members (excludes halogenated alkanes) is 20. The van der Waals surface area contributed by atoms with E-state index in [1.165, 1.54) is 64.2 Å². The first-order valence-electron chi connectivity index (χ1n) is 33.6. The second kappa shape index (κ2) is 69.3. The number of carbonyl (C=O) groups is 3. The van der Waals surface area contributed by atoms with Gasteiger partial charge in [-0.15, -0.1) is 0 Å². The Morgan fingerprint density at radius 3 is 0.675 bits per heavy atom. The van der Waals surface area contributed by atoms with Gasteiger partial charge in [-0.25, -0.2) is 0 Å². The van der Waals surface area contributed by atoms with Crippen LogP contribution in [0.1, 0.15) is 278 Å². The van der Waals surface area contributed by atoms with E-state index in [1.807, 2.05) is 0 Å². The topological polar surface area (TPSA) is 78.9 Å². The summed E-state index contributed by atoms with van der Waals surface area (Å²) in [5.41, 5.74) is 0. The van der Waals surface area contributed by atoms with Crippen molar-refractivity contribution in [3.8, 4) is 0 Å². The molecule has 0 amide bonds. The van der Waals surface area contributed by atoms with E-state index < -0.39 is 6.10 Å². The van der Waals surface area contributed by atoms with Crippen LogP contribution in [0.5, 0.6) is 0 Å². The lowest BCUT2D eigenvalue weighted by Gasteiger charge is -2.18. The third kappa shape index (κ3) is 67.4. The number of rotatable bonds is 59. The standard InChI is InChI=1S/C77H122O6/c1-4-7-10-13-16-19-22-25-28-31-33-35-37-38-40-41-43-46-49-52-55-58-61-64-67-70-76(79)82-73-74(72-81-75(78)69-66-63-60-57-54-51-48-45-30-27-24-21-18-15-12-9-6-3)83-77(80)71-68-65-62-59-56-53-50-47-44-42-39-36-34-32-29-26-23-20-17-14-11-8-5-2/h7-12,16-21,25-30,33-36,38,40,42,44,50,53,74H,4-6,13-15,22-24,31-32,37,39,41,43,45-49,51-52,54-73H2,1-3H3/b10-7-,11-8-,12-9-,19-16-,20-17-,21-18-,28-25-,29-26-,30-27-,35-33-,36-34-,40-38-,44-42-,53-50-. The van der Waals surface area contributed by atoms with Crippen LogP contribution in [0.15, 0.2) is 170 Å². The molecular formula is C77H122O6. The maximum absolute atomic E-state index is 13.0. The van der Waals surface area contributed by atoms with Gasteiger partial charge in [0.05, 0.1) is 0 Å². The normalized spacial score (nSPS) is 13.2. The second-order valence-electron chi connectivity index (χ2n) is 21.6. The van der Waals surface area contributed by atoms with Gasteiger partial charge in [0.2, 0.25) is 0 Å². The Kier molecular flexibility index (Phi) is 64.9. The van der Waals surface area contributed by atoms with Gasteiger partial charge >= 0.3 is 17.9 Å². The number of hydrogen-bond acceptors (Lipinski definition) is 6. The van der Waals surface area contributed by atoms with Gasteiger partial charge in [0.15, 0.2) is 6.10 Å². The molecule has 0 aromatic rings. The van der Waals surface area contributed by atoms with Crippen LogP contribution < -0.4 is 0 Å². The predicted octanol–water partition coefficient (Wildman–Crippen LogP) is 23.4. The minimum Gasteiger partial charge on any atom is -0.462 e. The van der Waals surface area contributed by atoms with Crippen molar-refractivity contribution in [1.29, 1.82) is 0 Å². The molecule has 0 fully saturated rings. The smallest absolute Gasteiger partial charge is 0.306 e. The van der Waals surface area contributed by atoms with Crippen LogP contribution in [0.3, 0.4) is 0 Å². The van der Waals surface area contributed by atoms with Gasteiger partial charge < -0.3 is 14.2 Å². The van der Waals surface area contributed by atoms with Crippen LogP contribution in [0, 0.1) is 0 Å². The van der Waals surface area contributed by atoms with Gasteiger partial charge in [-0.2, -0.15) is 0 Å². The van der Waals surface area contributed by atoms with E-state index >= 15 is 0 Å². The lowest BCUT2D eigenvalue weighted by molar-refractivity contribution is -0.167. The van der Waals surface area contributed by atoms with Crippen molar-refractivity contribution in [1.82, 2.24) is 0 Å². The van der Waals surface area contributed by atoms with Crippen LogP contribution in [0.25, 0.3) is 0 Å². The quantitative estimate of drug-likeness (QED) is 0.0261. The van der Waals surface area contributed by atoms with Crippen LogP contribution in [-0.2, 0) is 28.6 Å². The summed E-state index contributed by atoms with van der Waals surface area (Å²) >= 11 is 0. The zero-order chi connectivity index (χ0) is 59.9. The van der Waals surface area contributed by atoms with Crippen molar-refractivity contribution in [2.75, 3.05) is 13.2 Å². The summed E-state index contributed by atoms with van der Waals surface area (Å²) in [5, 5.41) is 0. The van der Waals surface area contributed by atoms with E-state index in [2.05, 4.69) is 191 Å². The average molecular weight is 1140 g/mol. The number of allylic oxidation sites excluding steroid dienone is 28. The molecule has 0 aromatic carbocycles. The van der Waals surface area contributed by atoms with Crippen molar-refractivity contribution < 1.29 is 28.6 Å². The maximum Gasteiger partial charge on any atom is 0.306 e. The molecule has 0 bridgehead atoms.